The van der Waals surface area contributed by atoms with Crippen LogP contribution in [0.5, 0.6) is 0 Å². The van der Waals surface area contributed by atoms with Gasteiger partial charge in [0.25, 0.3) is 0 Å². The molecule has 2 aromatic heterocycles. The van der Waals surface area contributed by atoms with Gasteiger partial charge in [0.2, 0.25) is 0 Å². The molecule has 4 fully saturated rings. The summed E-state index contributed by atoms with van der Waals surface area (Å²) in [6, 6.07) is 64.4. The minimum absolute atomic E-state index is 0. The first-order chi connectivity index (χ1) is 38.2. The summed E-state index contributed by atoms with van der Waals surface area (Å²) in [6.45, 7) is 0. The molecule has 4 aliphatic rings. The maximum Gasteiger partial charge on any atom is 2.00 e. The van der Waals surface area contributed by atoms with Crippen molar-refractivity contribution >= 4 is 17.1 Å². The summed E-state index contributed by atoms with van der Waals surface area (Å²) in [5.74, 6) is 3.39. The van der Waals surface area contributed by atoms with Crippen LogP contribution in [0.4, 0.5) is 17.1 Å². The van der Waals surface area contributed by atoms with Crippen LogP contribution in [-0.4, -0.2) is 19.1 Å². The van der Waals surface area contributed by atoms with Crippen molar-refractivity contribution < 1.29 is 21.1 Å². The molecule has 0 atom stereocenters. The molecular formula is C72H75N5Pt. The molecule has 0 bridgehead atoms. The van der Waals surface area contributed by atoms with Gasteiger partial charge in [0.1, 0.15) is 0 Å². The molecule has 2 heterocycles. The van der Waals surface area contributed by atoms with Gasteiger partial charge in [-0.2, -0.15) is 24.3 Å². The number of para-hydroxylation sites is 2. The van der Waals surface area contributed by atoms with Crippen LogP contribution in [0.2, 0.25) is 0 Å². The van der Waals surface area contributed by atoms with E-state index in [0.29, 0.717) is 23.7 Å². The molecule has 13 rings (SSSR count). The molecular weight excluding hydrogens is 1130 g/mol. The van der Waals surface area contributed by atoms with E-state index in [0.717, 1.165) is 28.5 Å². The molecule has 0 spiro atoms. The Morgan fingerprint density at radius 1 is 0.423 bits per heavy atom. The smallest absolute Gasteiger partial charge is 0.352 e. The van der Waals surface area contributed by atoms with E-state index in [9.17, 15) is 0 Å². The van der Waals surface area contributed by atoms with Gasteiger partial charge in [0, 0.05) is 36.2 Å². The second kappa shape index (κ2) is 25.9. The summed E-state index contributed by atoms with van der Waals surface area (Å²) in [6.07, 6.45) is 36.7. The van der Waals surface area contributed by atoms with Crippen LogP contribution in [-0.2, 0) is 21.1 Å². The second-order valence-corrected chi connectivity index (χ2v) is 22.5. The Hall–Kier alpha value is -6.55. The largest absolute Gasteiger partial charge is 2.00 e. The first-order valence-corrected chi connectivity index (χ1v) is 29.6. The molecule has 78 heavy (non-hydrogen) atoms. The maximum atomic E-state index is 5.07. The van der Waals surface area contributed by atoms with E-state index in [4.69, 9.17) is 4.98 Å². The van der Waals surface area contributed by atoms with Crippen molar-refractivity contribution in [2.75, 3.05) is 4.90 Å². The molecule has 4 saturated carbocycles. The summed E-state index contributed by atoms with van der Waals surface area (Å²) >= 11 is 0. The van der Waals surface area contributed by atoms with Crippen LogP contribution in [0, 0.1) is 12.1 Å². The van der Waals surface area contributed by atoms with Crippen LogP contribution >= 0.6 is 0 Å². The number of hydrogen-bond acceptors (Lipinski definition) is 3. The molecule has 5 nitrogen and oxygen atoms in total. The van der Waals surface area contributed by atoms with Crippen LogP contribution < -0.4 is 4.90 Å². The van der Waals surface area contributed by atoms with E-state index in [2.05, 4.69) is 189 Å². The fourth-order valence-corrected chi connectivity index (χ4v) is 13.7. The van der Waals surface area contributed by atoms with Crippen LogP contribution in [0.1, 0.15) is 174 Å². The Bertz CT molecular complexity index is 3150. The van der Waals surface area contributed by atoms with E-state index in [1.165, 1.54) is 173 Å². The average Bonchev–Trinajstić information content (AvgIpc) is 4.33. The number of benzene rings is 7. The first kappa shape index (κ1) is 53.5. The predicted octanol–water partition coefficient (Wildman–Crippen LogP) is 20.0. The molecule has 398 valence electrons. The van der Waals surface area contributed by atoms with Gasteiger partial charge in [-0.05, 0) is 162 Å². The van der Waals surface area contributed by atoms with Crippen molar-refractivity contribution in [2.24, 2.45) is 0 Å². The van der Waals surface area contributed by atoms with E-state index in [1.54, 1.807) is 11.1 Å². The monoisotopic (exact) mass is 1200 g/mol. The molecule has 0 aliphatic heterocycles. The summed E-state index contributed by atoms with van der Waals surface area (Å²) < 4.78 is 4.72. The Balaban J connectivity index is 0.000000184. The maximum absolute atomic E-state index is 5.07. The molecule has 9 aromatic rings. The SMILES string of the molecule is [Pt+2].[c-]1ccccc1N(c1[c-]c(-c2nccn2-c2c(C3CCCCC3)cc(-c3ccccc3)cc2C2CCCCC2)ccc1)c1ccccc1.c1ccc(-c2cc(C3CCCCC3)c(-n3ccnc3)c(C3CCCCC3)c2)cc1. The molecule has 0 unspecified atom stereocenters. The number of hydrogen-bond donors (Lipinski definition) is 0. The molecule has 7 aromatic carbocycles. The quantitative estimate of drug-likeness (QED) is 0.114. The number of anilines is 3. The number of nitrogens with zero attached hydrogens (tertiary/aromatic N) is 5. The zero-order valence-electron chi connectivity index (χ0n) is 45.4. The first-order valence-electron chi connectivity index (χ1n) is 29.6. The molecule has 0 radical (unpaired) electrons. The Kier molecular flexibility index (Phi) is 17.8. The summed E-state index contributed by atoms with van der Waals surface area (Å²) in [4.78, 5) is 11.7. The minimum Gasteiger partial charge on any atom is -0.352 e. The van der Waals surface area contributed by atoms with Crippen molar-refractivity contribution in [3.63, 3.8) is 0 Å². The van der Waals surface area contributed by atoms with E-state index in [-0.39, 0.29) is 21.1 Å². The third-order valence-corrected chi connectivity index (χ3v) is 17.6. The molecule has 4 aliphatic carbocycles. The molecule has 6 heteroatoms. The van der Waals surface area contributed by atoms with Gasteiger partial charge in [-0.1, -0.05) is 162 Å². The summed E-state index contributed by atoms with van der Waals surface area (Å²) in [5.41, 5.74) is 18.4. The van der Waals surface area contributed by atoms with Gasteiger partial charge in [-0.25, -0.2) is 4.98 Å². The zero-order valence-corrected chi connectivity index (χ0v) is 47.7. The summed E-state index contributed by atoms with van der Waals surface area (Å²) in [5, 5.41) is 0. The van der Waals surface area contributed by atoms with Gasteiger partial charge >= 0.3 is 21.1 Å². The fraction of sp³-hybridized carbons (Fsp3) is 0.333. The molecule has 0 N–H and O–H groups in total. The Labute approximate surface area is 479 Å². The van der Waals surface area contributed by atoms with Crippen molar-refractivity contribution in [1.29, 1.82) is 0 Å². The predicted molar refractivity (Wildman–Crippen MR) is 319 cm³/mol. The van der Waals surface area contributed by atoms with Crippen LogP contribution in [0.15, 0.2) is 189 Å². The Morgan fingerprint density at radius 2 is 0.885 bits per heavy atom. The van der Waals surface area contributed by atoms with Gasteiger partial charge in [-0.15, -0.1) is 35.9 Å². The van der Waals surface area contributed by atoms with Crippen molar-refractivity contribution in [1.82, 2.24) is 19.1 Å². The minimum atomic E-state index is 0. The van der Waals surface area contributed by atoms with Crippen LogP contribution in [0.25, 0.3) is 45.0 Å². The van der Waals surface area contributed by atoms with E-state index >= 15 is 0 Å². The third-order valence-electron chi connectivity index (χ3n) is 17.6. The molecule has 0 amide bonds. The third kappa shape index (κ3) is 12.0. The topological polar surface area (TPSA) is 38.9 Å². The molecule has 0 saturated heterocycles. The normalized spacial score (nSPS) is 16.7. The van der Waals surface area contributed by atoms with Gasteiger partial charge in [0.05, 0.1) is 17.8 Å². The summed E-state index contributed by atoms with van der Waals surface area (Å²) in [7, 11) is 0. The second-order valence-electron chi connectivity index (χ2n) is 22.5. The van der Waals surface area contributed by atoms with Gasteiger partial charge in [0.15, 0.2) is 0 Å². The Morgan fingerprint density at radius 3 is 1.35 bits per heavy atom. The van der Waals surface area contributed by atoms with Crippen molar-refractivity contribution in [3.05, 3.63) is 223 Å². The average molecular weight is 1210 g/mol. The van der Waals surface area contributed by atoms with Gasteiger partial charge in [-0.3, -0.25) is 4.98 Å². The number of aromatic nitrogens is 4. The van der Waals surface area contributed by atoms with Crippen molar-refractivity contribution in [2.45, 2.75) is 152 Å². The van der Waals surface area contributed by atoms with E-state index < -0.39 is 0 Å². The van der Waals surface area contributed by atoms with Crippen LogP contribution in [0.3, 0.4) is 0 Å². The van der Waals surface area contributed by atoms with E-state index in [1.807, 2.05) is 30.9 Å². The van der Waals surface area contributed by atoms with Gasteiger partial charge < -0.3 is 14.0 Å². The van der Waals surface area contributed by atoms with Crippen molar-refractivity contribution in [3.8, 4) is 45.0 Å². The number of imidazole rings is 2. The zero-order chi connectivity index (χ0) is 51.6. The standard InChI is InChI=1S/C45H43N3.C27H32N2.Pt/c1-6-17-34(18-7-1)38-32-42(35-19-8-2-9-20-35)44(43(33-38)36-21-10-3-11-22-36)47-30-29-46-45(47)37-23-16-28-41(31-37)48(39-24-12-4-13-25-39)40-26-14-5-15-27-40;1-4-10-21(11-5-1)24-18-25(22-12-6-2-7-13-22)27(29-17-16-28-20-29)26(19-24)23-14-8-3-9-15-23;/h1,4-7,12-18,23-26,28-30,32-33,35-36H,2-3,8-11,19-22H2;1,4-5,10-11,16-20,22-23H,2-3,6-9,12-15H2;/q-2;;+2. The number of rotatable bonds is 12. The fourth-order valence-electron chi connectivity index (χ4n) is 13.7.